The molecule has 1 rings (SSSR count). The van der Waals surface area contributed by atoms with E-state index in [1.165, 1.54) is 12.0 Å². The molecule has 1 N–H and O–H groups in total. The van der Waals surface area contributed by atoms with E-state index in [0.717, 1.165) is 0 Å². The van der Waals surface area contributed by atoms with Crippen LogP contribution >= 0.6 is 12.2 Å². The van der Waals surface area contributed by atoms with Gasteiger partial charge in [-0.15, -0.1) is 0 Å². The number of methoxy groups -OCH3 is 1. The molecule has 0 unspecified atom stereocenters. The highest BCUT2D eigenvalue weighted by atomic mass is 32.1. The summed E-state index contributed by atoms with van der Waals surface area (Å²) in [6, 6.07) is 0. The van der Waals surface area contributed by atoms with Gasteiger partial charge in [0, 0.05) is 13.0 Å². The van der Waals surface area contributed by atoms with Gasteiger partial charge >= 0.3 is 5.97 Å². The first-order valence-corrected chi connectivity index (χ1v) is 4.21. The number of thiocarbonyl (C=S) groups is 1. The van der Waals surface area contributed by atoms with Crippen molar-refractivity contribution in [2.75, 3.05) is 20.2 Å². The SMILES string of the molecule is COC(=O)CN1C(=O)CCNC1=S. The molecular formula is C7H10N2O3S. The highest BCUT2D eigenvalue weighted by Gasteiger charge is 2.24. The Morgan fingerprint density at radius 3 is 3.00 bits per heavy atom. The van der Waals surface area contributed by atoms with Crippen molar-refractivity contribution in [2.45, 2.75) is 6.42 Å². The molecule has 1 saturated heterocycles. The lowest BCUT2D eigenvalue weighted by atomic mass is 10.3. The summed E-state index contributed by atoms with van der Waals surface area (Å²) < 4.78 is 4.43. The van der Waals surface area contributed by atoms with Gasteiger partial charge in [0.25, 0.3) is 0 Å². The summed E-state index contributed by atoms with van der Waals surface area (Å²) in [4.78, 5) is 23.3. The minimum atomic E-state index is -0.473. The molecule has 0 radical (unpaired) electrons. The molecule has 0 spiro atoms. The molecule has 0 saturated carbocycles. The van der Waals surface area contributed by atoms with Crippen molar-refractivity contribution in [3.8, 4) is 0 Å². The van der Waals surface area contributed by atoms with E-state index < -0.39 is 5.97 Å². The van der Waals surface area contributed by atoms with Gasteiger partial charge in [0.2, 0.25) is 5.91 Å². The van der Waals surface area contributed by atoms with E-state index in [9.17, 15) is 9.59 Å². The van der Waals surface area contributed by atoms with E-state index >= 15 is 0 Å². The van der Waals surface area contributed by atoms with Gasteiger partial charge in [-0.1, -0.05) is 0 Å². The van der Waals surface area contributed by atoms with Gasteiger partial charge in [0.15, 0.2) is 5.11 Å². The number of amides is 1. The molecule has 0 atom stereocenters. The van der Waals surface area contributed by atoms with Gasteiger partial charge in [-0.2, -0.15) is 0 Å². The number of carbonyl (C=O) groups excluding carboxylic acids is 2. The number of nitrogens with one attached hydrogen (secondary N) is 1. The highest BCUT2D eigenvalue weighted by Crippen LogP contribution is 2.01. The summed E-state index contributed by atoms with van der Waals surface area (Å²) in [5.74, 6) is -0.617. The van der Waals surface area contributed by atoms with Crippen LogP contribution in [0.5, 0.6) is 0 Å². The number of hydrogen-bond donors (Lipinski definition) is 1. The smallest absolute Gasteiger partial charge is 0.325 e. The van der Waals surface area contributed by atoms with Crippen molar-refractivity contribution >= 4 is 29.2 Å². The molecule has 1 aliphatic heterocycles. The van der Waals surface area contributed by atoms with E-state index in [0.29, 0.717) is 18.1 Å². The van der Waals surface area contributed by atoms with E-state index in [-0.39, 0.29) is 12.5 Å². The Labute approximate surface area is 81.0 Å². The average Bonchev–Trinajstić information content (AvgIpc) is 2.11. The monoisotopic (exact) mass is 202 g/mol. The minimum absolute atomic E-state index is 0.110. The van der Waals surface area contributed by atoms with Crippen molar-refractivity contribution in [1.82, 2.24) is 10.2 Å². The molecule has 1 heterocycles. The third-order valence-electron chi connectivity index (χ3n) is 1.68. The fraction of sp³-hybridized carbons (Fsp3) is 0.571. The van der Waals surface area contributed by atoms with E-state index in [1.54, 1.807) is 0 Å². The summed E-state index contributed by atoms with van der Waals surface area (Å²) in [6.07, 6.45) is 0.358. The van der Waals surface area contributed by atoms with Crippen LogP contribution in [0.15, 0.2) is 0 Å². The van der Waals surface area contributed by atoms with Crippen LogP contribution < -0.4 is 5.32 Å². The number of nitrogens with zero attached hydrogens (tertiary/aromatic N) is 1. The first kappa shape index (κ1) is 9.91. The van der Waals surface area contributed by atoms with Gasteiger partial charge < -0.3 is 10.1 Å². The fourth-order valence-electron chi connectivity index (χ4n) is 0.974. The predicted molar refractivity (Wildman–Crippen MR) is 48.9 cm³/mol. The second-order valence-electron chi connectivity index (χ2n) is 2.54. The number of esters is 1. The van der Waals surface area contributed by atoms with Crippen molar-refractivity contribution in [1.29, 1.82) is 0 Å². The summed E-state index contributed by atoms with van der Waals surface area (Å²) >= 11 is 4.86. The van der Waals surface area contributed by atoms with Gasteiger partial charge in [-0.25, -0.2) is 0 Å². The van der Waals surface area contributed by atoms with Crippen molar-refractivity contribution in [3.63, 3.8) is 0 Å². The Bertz CT molecular complexity index is 238. The molecule has 0 aromatic rings. The first-order chi connectivity index (χ1) is 6.15. The second kappa shape index (κ2) is 4.18. The van der Waals surface area contributed by atoms with Gasteiger partial charge in [0.1, 0.15) is 6.54 Å². The molecule has 6 heteroatoms. The summed E-state index contributed by atoms with van der Waals surface area (Å²) in [5, 5.41) is 3.11. The standard InChI is InChI=1S/C7H10N2O3S/c1-12-6(11)4-9-5(10)2-3-8-7(9)13/h2-4H2,1H3,(H,8,13). The zero-order valence-electron chi connectivity index (χ0n) is 7.20. The van der Waals surface area contributed by atoms with Crippen LogP contribution in [0.1, 0.15) is 6.42 Å². The quantitative estimate of drug-likeness (QED) is 0.472. The van der Waals surface area contributed by atoms with E-state index in [1.807, 2.05) is 0 Å². The normalized spacial score (nSPS) is 16.8. The maximum atomic E-state index is 11.2. The Kier molecular flexibility index (Phi) is 3.18. The summed E-state index contributed by atoms with van der Waals surface area (Å²) in [5.41, 5.74) is 0. The van der Waals surface area contributed by atoms with Crippen molar-refractivity contribution in [2.24, 2.45) is 0 Å². The molecule has 13 heavy (non-hydrogen) atoms. The topological polar surface area (TPSA) is 58.6 Å². The Hall–Kier alpha value is -1.17. The molecule has 0 aromatic heterocycles. The molecule has 5 nitrogen and oxygen atoms in total. The molecule has 1 fully saturated rings. The molecule has 0 bridgehead atoms. The van der Waals surface area contributed by atoms with E-state index in [2.05, 4.69) is 10.1 Å². The van der Waals surface area contributed by atoms with Crippen LogP contribution in [0.25, 0.3) is 0 Å². The van der Waals surface area contributed by atoms with Crippen LogP contribution in [0.3, 0.4) is 0 Å². The Morgan fingerprint density at radius 2 is 2.46 bits per heavy atom. The average molecular weight is 202 g/mol. The zero-order valence-corrected chi connectivity index (χ0v) is 8.02. The van der Waals surface area contributed by atoms with Crippen molar-refractivity contribution in [3.05, 3.63) is 0 Å². The van der Waals surface area contributed by atoms with Gasteiger partial charge in [0.05, 0.1) is 7.11 Å². The van der Waals surface area contributed by atoms with E-state index in [4.69, 9.17) is 12.2 Å². The maximum Gasteiger partial charge on any atom is 0.325 e. The number of ether oxygens (including phenoxy) is 1. The third kappa shape index (κ3) is 2.38. The maximum absolute atomic E-state index is 11.2. The summed E-state index contributed by atoms with van der Waals surface area (Å²) in [7, 11) is 1.27. The minimum Gasteiger partial charge on any atom is -0.468 e. The van der Waals surface area contributed by atoms with Crippen LogP contribution in [0.2, 0.25) is 0 Å². The van der Waals surface area contributed by atoms with Crippen LogP contribution in [-0.2, 0) is 14.3 Å². The van der Waals surface area contributed by atoms with Crippen LogP contribution in [-0.4, -0.2) is 42.1 Å². The molecular weight excluding hydrogens is 192 g/mol. The highest BCUT2D eigenvalue weighted by molar-refractivity contribution is 7.80. The first-order valence-electron chi connectivity index (χ1n) is 3.80. The second-order valence-corrected chi connectivity index (χ2v) is 2.92. The number of rotatable bonds is 2. The Balaban J connectivity index is 2.59. The molecule has 0 aromatic carbocycles. The summed E-state index contributed by atoms with van der Waals surface area (Å²) in [6.45, 7) is 0.427. The number of hydrogen-bond acceptors (Lipinski definition) is 4. The third-order valence-corrected chi connectivity index (χ3v) is 2.04. The molecule has 1 amide bonds. The lowest BCUT2D eigenvalue weighted by Gasteiger charge is -2.27. The van der Waals surface area contributed by atoms with Gasteiger partial charge in [-0.05, 0) is 12.2 Å². The number of carbonyl (C=O) groups is 2. The van der Waals surface area contributed by atoms with Crippen LogP contribution in [0.4, 0.5) is 0 Å². The van der Waals surface area contributed by atoms with Crippen LogP contribution in [0, 0.1) is 0 Å². The zero-order chi connectivity index (χ0) is 9.84. The molecule has 1 aliphatic rings. The Morgan fingerprint density at radius 1 is 1.77 bits per heavy atom. The lowest BCUT2D eigenvalue weighted by molar-refractivity contribution is -0.144. The predicted octanol–water partition coefficient (Wildman–Crippen LogP) is -0.734. The van der Waals surface area contributed by atoms with Gasteiger partial charge in [-0.3, -0.25) is 14.5 Å². The lowest BCUT2D eigenvalue weighted by Crippen LogP contribution is -2.51. The largest absolute Gasteiger partial charge is 0.468 e. The molecule has 72 valence electrons. The van der Waals surface area contributed by atoms with Crippen molar-refractivity contribution < 1.29 is 14.3 Å². The molecule has 0 aliphatic carbocycles. The fourth-order valence-corrected chi connectivity index (χ4v) is 1.24.